The number of rotatable bonds is 13. The largest absolute Gasteiger partial charge is 0.361 e. The number of nitrogens with one attached hydrogen (secondary N) is 2. The minimum atomic E-state index is 0.678. The van der Waals surface area contributed by atoms with Crippen molar-refractivity contribution in [3.63, 3.8) is 0 Å². The summed E-state index contributed by atoms with van der Waals surface area (Å²) >= 11 is 0. The van der Waals surface area contributed by atoms with E-state index in [0.717, 1.165) is 26.2 Å². The van der Waals surface area contributed by atoms with Crippen LogP contribution in [0.5, 0.6) is 0 Å². The number of unbranched alkanes of at least 4 members (excludes halogenated alkanes) is 1. The maximum Gasteiger partial charge on any atom is 0.0457 e. The van der Waals surface area contributed by atoms with Gasteiger partial charge in [0.15, 0.2) is 0 Å². The molecule has 0 amide bonds. The van der Waals surface area contributed by atoms with E-state index in [9.17, 15) is 0 Å². The first-order chi connectivity index (χ1) is 14.3. The van der Waals surface area contributed by atoms with Crippen LogP contribution in [0.4, 0.5) is 0 Å². The van der Waals surface area contributed by atoms with Gasteiger partial charge in [-0.2, -0.15) is 0 Å². The van der Waals surface area contributed by atoms with E-state index >= 15 is 0 Å². The Kier molecular flexibility index (Phi) is 8.72. The van der Waals surface area contributed by atoms with Crippen LogP contribution in [0, 0.1) is 0 Å². The molecule has 0 fully saturated rings. The van der Waals surface area contributed by atoms with E-state index in [2.05, 4.69) is 70.6 Å². The zero-order valence-corrected chi connectivity index (χ0v) is 18.0. The maximum atomic E-state index is 4.30. The van der Waals surface area contributed by atoms with Gasteiger partial charge in [-0.3, -0.25) is 9.88 Å². The third-order valence-electron chi connectivity index (χ3n) is 5.66. The van der Waals surface area contributed by atoms with Gasteiger partial charge in [0.1, 0.15) is 0 Å². The summed E-state index contributed by atoms with van der Waals surface area (Å²) in [5, 5.41) is 5.06. The number of pyridine rings is 1. The molecule has 29 heavy (non-hydrogen) atoms. The van der Waals surface area contributed by atoms with E-state index in [1.54, 1.807) is 0 Å². The summed E-state index contributed by atoms with van der Waals surface area (Å²) in [6.45, 7) is 8.66. The van der Waals surface area contributed by atoms with Gasteiger partial charge < -0.3 is 10.3 Å². The number of aromatic amines is 1. The average Bonchev–Trinajstić information content (AvgIpc) is 3.16. The Balaban J connectivity index is 1.56. The molecule has 3 aromatic rings. The van der Waals surface area contributed by atoms with Gasteiger partial charge in [-0.25, -0.2) is 0 Å². The lowest BCUT2D eigenvalue weighted by atomic mass is 10.1. The van der Waals surface area contributed by atoms with Crippen molar-refractivity contribution in [3.8, 4) is 0 Å². The molecule has 4 heteroatoms. The van der Waals surface area contributed by atoms with E-state index in [1.807, 2.05) is 18.5 Å². The molecule has 0 aliphatic heterocycles. The second-order valence-electron chi connectivity index (χ2n) is 7.99. The Labute approximate surface area is 175 Å². The summed E-state index contributed by atoms with van der Waals surface area (Å²) in [5.74, 6) is 0. The van der Waals surface area contributed by atoms with E-state index in [0.29, 0.717) is 6.04 Å². The van der Waals surface area contributed by atoms with Crippen molar-refractivity contribution in [1.82, 2.24) is 20.2 Å². The van der Waals surface area contributed by atoms with Crippen LogP contribution in [0.1, 0.15) is 57.1 Å². The number of hydrogen-bond acceptors (Lipinski definition) is 3. The Morgan fingerprint density at radius 3 is 2.76 bits per heavy atom. The van der Waals surface area contributed by atoms with Crippen molar-refractivity contribution in [3.05, 3.63) is 66.1 Å². The number of para-hydroxylation sites is 1. The van der Waals surface area contributed by atoms with Crippen molar-refractivity contribution in [2.45, 2.75) is 65.1 Å². The maximum absolute atomic E-state index is 4.30. The molecule has 3 rings (SSSR count). The van der Waals surface area contributed by atoms with Crippen LogP contribution in [0.25, 0.3) is 10.9 Å². The predicted octanol–water partition coefficient (Wildman–Crippen LogP) is 5.51. The first-order valence-corrected chi connectivity index (χ1v) is 11.2. The molecule has 1 unspecified atom stereocenters. The third kappa shape index (κ3) is 6.69. The third-order valence-corrected chi connectivity index (χ3v) is 5.66. The van der Waals surface area contributed by atoms with Crippen molar-refractivity contribution in [1.29, 1.82) is 0 Å². The Morgan fingerprint density at radius 1 is 1.07 bits per heavy atom. The van der Waals surface area contributed by atoms with Crippen LogP contribution >= 0.6 is 0 Å². The molecule has 156 valence electrons. The molecule has 0 aliphatic carbocycles. The molecule has 0 spiro atoms. The fraction of sp³-hybridized carbons (Fsp3) is 0.480. The van der Waals surface area contributed by atoms with Gasteiger partial charge in [0.2, 0.25) is 0 Å². The van der Waals surface area contributed by atoms with Gasteiger partial charge >= 0.3 is 0 Å². The molecular formula is C25H36N4. The molecule has 0 bridgehead atoms. The highest BCUT2D eigenvalue weighted by Crippen LogP contribution is 2.20. The summed E-state index contributed by atoms with van der Waals surface area (Å²) in [6, 6.07) is 13.5. The summed E-state index contributed by atoms with van der Waals surface area (Å²) in [6.07, 6.45) is 12.2. The Hall–Kier alpha value is -2.17. The van der Waals surface area contributed by atoms with Crippen LogP contribution in [-0.2, 0) is 13.1 Å². The van der Waals surface area contributed by atoms with Crippen molar-refractivity contribution < 1.29 is 0 Å². The van der Waals surface area contributed by atoms with E-state index < -0.39 is 0 Å². The van der Waals surface area contributed by atoms with Gasteiger partial charge in [0.05, 0.1) is 0 Å². The molecule has 0 saturated heterocycles. The molecule has 2 aromatic heterocycles. The molecule has 1 aromatic carbocycles. The Morgan fingerprint density at radius 2 is 1.97 bits per heavy atom. The fourth-order valence-corrected chi connectivity index (χ4v) is 4.03. The zero-order valence-electron chi connectivity index (χ0n) is 18.0. The summed E-state index contributed by atoms with van der Waals surface area (Å²) in [7, 11) is 0. The second kappa shape index (κ2) is 11.7. The van der Waals surface area contributed by atoms with Gasteiger partial charge in [-0.1, -0.05) is 44.5 Å². The summed E-state index contributed by atoms with van der Waals surface area (Å²) < 4.78 is 0. The normalized spacial score (nSPS) is 12.7. The van der Waals surface area contributed by atoms with Crippen LogP contribution in [-0.4, -0.2) is 34.0 Å². The lowest BCUT2D eigenvalue weighted by molar-refractivity contribution is 0.250. The number of fused-ring (bicyclic) bond motifs is 1. The topological polar surface area (TPSA) is 44.0 Å². The zero-order chi connectivity index (χ0) is 20.3. The van der Waals surface area contributed by atoms with Gasteiger partial charge in [0, 0.05) is 48.6 Å². The second-order valence-corrected chi connectivity index (χ2v) is 7.99. The highest BCUT2D eigenvalue weighted by Gasteiger charge is 2.11. The first kappa shape index (κ1) is 21.5. The van der Waals surface area contributed by atoms with Gasteiger partial charge in [0.25, 0.3) is 0 Å². The fourth-order valence-electron chi connectivity index (χ4n) is 4.03. The van der Waals surface area contributed by atoms with Crippen LogP contribution in [0.15, 0.2) is 55.0 Å². The molecule has 0 radical (unpaired) electrons. The standard InChI is InChI=1S/C25H36N4/c1-3-10-23(4-2)27-15-7-8-16-29(19-21-11-9-14-26-17-21)20-22-18-28-25-13-6-5-12-24(22)25/h5-6,9,11-14,17-18,23,27-28H,3-4,7-8,10,15-16,19-20H2,1-2H3. The monoisotopic (exact) mass is 392 g/mol. The van der Waals surface area contributed by atoms with E-state index in [-0.39, 0.29) is 0 Å². The van der Waals surface area contributed by atoms with Crippen LogP contribution < -0.4 is 5.32 Å². The first-order valence-electron chi connectivity index (χ1n) is 11.2. The van der Waals surface area contributed by atoms with E-state index in [1.165, 1.54) is 54.1 Å². The number of H-pyrrole nitrogens is 1. The quantitative estimate of drug-likeness (QED) is 0.377. The van der Waals surface area contributed by atoms with Gasteiger partial charge in [-0.15, -0.1) is 0 Å². The van der Waals surface area contributed by atoms with Crippen molar-refractivity contribution in [2.24, 2.45) is 0 Å². The molecule has 1 atom stereocenters. The highest BCUT2D eigenvalue weighted by atomic mass is 15.1. The number of hydrogen-bond donors (Lipinski definition) is 2. The van der Waals surface area contributed by atoms with E-state index in [4.69, 9.17) is 0 Å². The molecule has 0 aliphatic rings. The number of nitrogens with zero attached hydrogens (tertiary/aromatic N) is 2. The van der Waals surface area contributed by atoms with Gasteiger partial charge in [-0.05, 0) is 62.0 Å². The SMILES string of the molecule is CCCC(CC)NCCCCN(Cc1cccnc1)Cc1c[nH]c2ccccc12. The molecular weight excluding hydrogens is 356 g/mol. The molecule has 2 N–H and O–H groups in total. The van der Waals surface area contributed by atoms with Crippen LogP contribution in [0.2, 0.25) is 0 Å². The number of aromatic nitrogens is 2. The summed E-state index contributed by atoms with van der Waals surface area (Å²) in [5.41, 5.74) is 3.87. The minimum Gasteiger partial charge on any atom is -0.361 e. The molecule has 4 nitrogen and oxygen atoms in total. The highest BCUT2D eigenvalue weighted by molar-refractivity contribution is 5.82. The average molecular weight is 393 g/mol. The smallest absolute Gasteiger partial charge is 0.0457 e. The lowest BCUT2D eigenvalue weighted by Gasteiger charge is -2.23. The summed E-state index contributed by atoms with van der Waals surface area (Å²) in [4.78, 5) is 10.3. The minimum absolute atomic E-state index is 0.678. The lowest BCUT2D eigenvalue weighted by Crippen LogP contribution is -2.30. The Bertz CT molecular complexity index is 827. The van der Waals surface area contributed by atoms with Crippen LogP contribution in [0.3, 0.4) is 0 Å². The van der Waals surface area contributed by atoms with Crippen molar-refractivity contribution in [2.75, 3.05) is 13.1 Å². The molecule has 0 saturated carbocycles. The van der Waals surface area contributed by atoms with Crippen molar-refractivity contribution >= 4 is 10.9 Å². The molecule has 2 heterocycles. The predicted molar refractivity (Wildman–Crippen MR) is 123 cm³/mol. The number of benzene rings is 1.